The summed E-state index contributed by atoms with van der Waals surface area (Å²) in [4.78, 5) is 0. The summed E-state index contributed by atoms with van der Waals surface area (Å²) >= 11 is 3.54. The van der Waals surface area contributed by atoms with Crippen molar-refractivity contribution in [3.63, 3.8) is 0 Å². The third-order valence-corrected chi connectivity index (χ3v) is 3.37. The Morgan fingerprint density at radius 1 is 1.41 bits per heavy atom. The molecular weight excluding hydrogens is 282 g/mol. The summed E-state index contributed by atoms with van der Waals surface area (Å²) in [5.41, 5.74) is 1.19. The first-order chi connectivity index (χ1) is 8.04. The summed E-state index contributed by atoms with van der Waals surface area (Å²) < 4.78 is 6.19. The number of rotatable bonds is 6. The number of methoxy groups -OCH3 is 1. The molecule has 1 aromatic rings. The van der Waals surface area contributed by atoms with E-state index in [-0.39, 0.29) is 12.1 Å². The number of halogens is 1. The van der Waals surface area contributed by atoms with Crippen LogP contribution in [0.3, 0.4) is 0 Å². The number of benzene rings is 1. The first kappa shape index (κ1) is 14.5. The maximum atomic E-state index is 9.19. The SMILES string of the molecule is COc1ccc([C@@H](C)NCC[C@H](C)O)c(Br)c1. The smallest absolute Gasteiger partial charge is 0.120 e. The average Bonchev–Trinajstić information content (AvgIpc) is 2.28. The van der Waals surface area contributed by atoms with Gasteiger partial charge in [-0.25, -0.2) is 0 Å². The molecule has 17 heavy (non-hydrogen) atoms. The molecule has 4 heteroatoms. The fourth-order valence-corrected chi connectivity index (χ4v) is 2.31. The highest BCUT2D eigenvalue weighted by molar-refractivity contribution is 9.10. The van der Waals surface area contributed by atoms with Crippen molar-refractivity contribution in [2.75, 3.05) is 13.7 Å². The number of hydrogen-bond donors (Lipinski definition) is 2. The Bertz CT molecular complexity index is 355. The van der Waals surface area contributed by atoms with Crippen LogP contribution in [0.15, 0.2) is 22.7 Å². The summed E-state index contributed by atoms with van der Waals surface area (Å²) in [5.74, 6) is 0.844. The third kappa shape index (κ3) is 4.66. The molecule has 0 bridgehead atoms. The van der Waals surface area contributed by atoms with E-state index in [1.807, 2.05) is 18.2 Å². The molecule has 0 heterocycles. The highest BCUT2D eigenvalue weighted by Crippen LogP contribution is 2.27. The van der Waals surface area contributed by atoms with E-state index in [1.54, 1.807) is 14.0 Å². The fourth-order valence-electron chi connectivity index (χ4n) is 1.60. The average molecular weight is 302 g/mol. The van der Waals surface area contributed by atoms with E-state index >= 15 is 0 Å². The fraction of sp³-hybridized carbons (Fsp3) is 0.538. The number of hydrogen-bond acceptors (Lipinski definition) is 3. The maximum Gasteiger partial charge on any atom is 0.120 e. The molecule has 1 aromatic carbocycles. The molecule has 3 nitrogen and oxygen atoms in total. The van der Waals surface area contributed by atoms with Crippen LogP contribution >= 0.6 is 15.9 Å². The lowest BCUT2D eigenvalue weighted by Crippen LogP contribution is -2.22. The Kier molecular flexibility index (Phi) is 5.95. The van der Waals surface area contributed by atoms with Gasteiger partial charge in [0.25, 0.3) is 0 Å². The highest BCUT2D eigenvalue weighted by atomic mass is 79.9. The number of aliphatic hydroxyl groups is 1. The van der Waals surface area contributed by atoms with Gasteiger partial charge >= 0.3 is 0 Å². The van der Waals surface area contributed by atoms with Crippen molar-refractivity contribution in [2.24, 2.45) is 0 Å². The molecule has 0 aromatic heterocycles. The summed E-state index contributed by atoms with van der Waals surface area (Å²) in [6.45, 7) is 4.71. The van der Waals surface area contributed by atoms with E-state index in [0.29, 0.717) is 0 Å². The highest BCUT2D eigenvalue weighted by Gasteiger charge is 2.09. The Morgan fingerprint density at radius 3 is 2.65 bits per heavy atom. The molecule has 0 aliphatic heterocycles. The normalized spacial score (nSPS) is 14.4. The zero-order chi connectivity index (χ0) is 12.8. The topological polar surface area (TPSA) is 41.5 Å². The first-order valence-electron chi connectivity index (χ1n) is 5.79. The van der Waals surface area contributed by atoms with Crippen molar-refractivity contribution in [3.05, 3.63) is 28.2 Å². The van der Waals surface area contributed by atoms with Crippen LogP contribution in [0, 0.1) is 0 Å². The van der Waals surface area contributed by atoms with Crippen molar-refractivity contribution in [1.82, 2.24) is 5.32 Å². The summed E-state index contributed by atoms with van der Waals surface area (Å²) in [5, 5.41) is 12.6. The van der Waals surface area contributed by atoms with Crippen LogP contribution in [0.25, 0.3) is 0 Å². The van der Waals surface area contributed by atoms with Crippen LogP contribution in [0.5, 0.6) is 5.75 Å². The monoisotopic (exact) mass is 301 g/mol. The molecule has 0 unspecified atom stereocenters. The molecule has 2 N–H and O–H groups in total. The Morgan fingerprint density at radius 2 is 2.12 bits per heavy atom. The van der Waals surface area contributed by atoms with Crippen LogP contribution in [0.4, 0.5) is 0 Å². The molecule has 0 aliphatic rings. The summed E-state index contributed by atoms with van der Waals surface area (Å²) in [6, 6.07) is 6.20. The van der Waals surface area contributed by atoms with Crippen LogP contribution in [0.1, 0.15) is 31.9 Å². The number of nitrogens with one attached hydrogen (secondary N) is 1. The predicted octanol–water partition coefficient (Wildman–Crippen LogP) is 2.88. The number of aliphatic hydroxyl groups excluding tert-OH is 1. The van der Waals surface area contributed by atoms with E-state index in [4.69, 9.17) is 4.74 Å². The second kappa shape index (κ2) is 6.99. The van der Waals surface area contributed by atoms with Crippen LogP contribution in [-0.4, -0.2) is 24.9 Å². The molecule has 0 amide bonds. The largest absolute Gasteiger partial charge is 0.497 e. The van der Waals surface area contributed by atoms with Crippen molar-refractivity contribution >= 4 is 15.9 Å². The molecule has 0 aliphatic carbocycles. The minimum Gasteiger partial charge on any atom is -0.497 e. The van der Waals surface area contributed by atoms with Gasteiger partial charge in [-0.15, -0.1) is 0 Å². The Labute approximate surface area is 111 Å². The second-order valence-corrected chi connectivity index (χ2v) is 5.06. The van der Waals surface area contributed by atoms with E-state index in [1.165, 1.54) is 5.56 Å². The van der Waals surface area contributed by atoms with Gasteiger partial charge in [-0.3, -0.25) is 0 Å². The van der Waals surface area contributed by atoms with Crippen molar-refractivity contribution in [2.45, 2.75) is 32.4 Å². The Hall–Kier alpha value is -0.580. The quantitative estimate of drug-likeness (QED) is 0.849. The standard InChI is InChI=1S/C13H20BrNO2/c1-9(16)6-7-15-10(2)12-5-4-11(17-3)8-13(12)14/h4-5,8-10,15-16H,6-7H2,1-3H3/t9-,10+/m0/s1. The van der Waals surface area contributed by atoms with Crippen molar-refractivity contribution in [3.8, 4) is 5.75 Å². The summed E-state index contributed by atoms with van der Waals surface area (Å²) in [6.07, 6.45) is 0.506. The molecular formula is C13H20BrNO2. The predicted molar refractivity (Wildman–Crippen MR) is 73.4 cm³/mol. The maximum absolute atomic E-state index is 9.19. The third-order valence-electron chi connectivity index (χ3n) is 2.69. The lowest BCUT2D eigenvalue weighted by molar-refractivity contribution is 0.182. The minimum atomic E-state index is -0.256. The van der Waals surface area contributed by atoms with E-state index in [2.05, 4.69) is 28.2 Å². The zero-order valence-corrected chi connectivity index (χ0v) is 12.1. The lowest BCUT2D eigenvalue weighted by atomic mass is 10.1. The molecule has 2 atom stereocenters. The number of ether oxygens (including phenoxy) is 1. The second-order valence-electron chi connectivity index (χ2n) is 4.20. The molecule has 0 spiro atoms. The molecule has 0 radical (unpaired) electrons. The molecule has 0 saturated carbocycles. The van der Waals surface area contributed by atoms with Crippen molar-refractivity contribution < 1.29 is 9.84 Å². The first-order valence-corrected chi connectivity index (χ1v) is 6.58. The minimum absolute atomic E-state index is 0.244. The molecule has 1 rings (SSSR count). The van der Waals surface area contributed by atoms with Gasteiger partial charge in [0, 0.05) is 10.5 Å². The van der Waals surface area contributed by atoms with Crippen LogP contribution in [0.2, 0.25) is 0 Å². The van der Waals surface area contributed by atoms with Gasteiger partial charge in [0.05, 0.1) is 13.2 Å². The van der Waals surface area contributed by atoms with Crippen LogP contribution in [-0.2, 0) is 0 Å². The lowest BCUT2D eigenvalue weighted by Gasteiger charge is -2.17. The zero-order valence-electron chi connectivity index (χ0n) is 10.5. The van der Waals surface area contributed by atoms with Gasteiger partial charge in [-0.05, 0) is 44.5 Å². The molecule has 96 valence electrons. The van der Waals surface area contributed by atoms with Crippen molar-refractivity contribution in [1.29, 1.82) is 0 Å². The van der Waals surface area contributed by atoms with Gasteiger partial charge in [0.2, 0.25) is 0 Å². The van der Waals surface area contributed by atoms with Gasteiger partial charge in [-0.1, -0.05) is 22.0 Å². The van der Waals surface area contributed by atoms with E-state index in [9.17, 15) is 5.11 Å². The Balaban J connectivity index is 2.59. The van der Waals surface area contributed by atoms with E-state index < -0.39 is 0 Å². The van der Waals surface area contributed by atoms with E-state index in [0.717, 1.165) is 23.2 Å². The van der Waals surface area contributed by atoms with Gasteiger partial charge < -0.3 is 15.2 Å². The van der Waals surface area contributed by atoms with Gasteiger partial charge in [-0.2, -0.15) is 0 Å². The summed E-state index contributed by atoms with van der Waals surface area (Å²) in [7, 11) is 1.66. The van der Waals surface area contributed by atoms with Gasteiger partial charge in [0.15, 0.2) is 0 Å². The van der Waals surface area contributed by atoms with Gasteiger partial charge in [0.1, 0.15) is 5.75 Å². The molecule has 0 saturated heterocycles. The van der Waals surface area contributed by atoms with Crippen LogP contribution < -0.4 is 10.1 Å². The molecule has 0 fully saturated rings.